The van der Waals surface area contributed by atoms with Gasteiger partial charge >= 0.3 is 12.2 Å². The van der Waals surface area contributed by atoms with Gasteiger partial charge in [0.05, 0.1) is 18.8 Å². The standard InChI is InChI=1S/C15H23F3N4O2/c1-10-13(11(2)24-20-10)8-21(3)14(23)19-6-12-4-5-22(7-12)9-15(16,17)18/h12H,4-9H2,1-3H3,(H,19,23). The number of amides is 2. The van der Waals surface area contributed by atoms with Gasteiger partial charge in [0.2, 0.25) is 0 Å². The van der Waals surface area contributed by atoms with Crippen molar-refractivity contribution in [2.45, 2.75) is 33.0 Å². The van der Waals surface area contributed by atoms with Gasteiger partial charge in [-0.15, -0.1) is 0 Å². The molecule has 0 bridgehead atoms. The third-order valence-electron chi connectivity index (χ3n) is 4.24. The summed E-state index contributed by atoms with van der Waals surface area (Å²) in [5, 5.41) is 6.63. The van der Waals surface area contributed by atoms with Gasteiger partial charge in [0, 0.05) is 25.7 Å². The minimum atomic E-state index is -4.17. The van der Waals surface area contributed by atoms with Crippen LogP contribution in [0.25, 0.3) is 0 Å². The highest BCUT2D eigenvalue weighted by Crippen LogP contribution is 2.22. The van der Waals surface area contributed by atoms with E-state index in [9.17, 15) is 18.0 Å². The first-order chi connectivity index (χ1) is 11.2. The van der Waals surface area contributed by atoms with Crippen LogP contribution in [0.3, 0.4) is 0 Å². The highest BCUT2D eigenvalue weighted by molar-refractivity contribution is 5.73. The molecule has 2 heterocycles. The molecule has 1 fully saturated rings. The lowest BCUT2D eigenvalue weighted by molar-refractivity contribution is -0.143. The second-order valence-corrected chi connectivity index (χ2v) is 6.35. The van der Waals surface area contributed by atoms with Gasteiger partial charge in [0.25, 0.3) is 0 Å². The maximum absolute atomic E-state index is 12.4. The molecule has 1 N–H and O–H groups in total. The number of halogens is 3. The van der Waals surface area contributed by atoms with Crippen molar-refractivity contribution in [2.24, 2.45) is 5.92 Å². The quantitative estimate of drug-likeness (QED) is 0.887. The smallest absolute Gasteiger partial charge is 0.361 e. The van der Waals surface area contributed by atoms with Gasteiger partial charge in [0.1, 0.15) is 5.76 Å². The largest absolute Gasteiger partial charge is 0.401 e. The number of hydrogen-bond donors (Lipinski definition) is 1. The van der Waals surface area contributed by atoms with Crippen LogP contribution in [0.4, 0.5) is 18.0 Å². The van der Waals surface area contributed by atoms with Crippen molar-refractivity contribution < 1.29 is 22.5 Å². The van der Waals surface area contributed by atoms with Gasteiger partial charge in [-0.2, -0.15) is 13.2 Å². The van der Waals surface area contributed by atoms with Crippen LogP contribution in [0, 0.1) is 19.8 Å². The molecule has 1 aliphatic heterocycles. The molecule has 24 heavy (non-hydrogen) atoms. The number of nitrogens with zero attached hydrogens (tertiary/aromatic N) is 3. The van der Waals surface area contributed by atoms with Crippen LogP contribution in [-0.2, 0) is 6.54 Å². The summed E-state index contributed by atoms with van der Waals surface area (Å²) in [7, 11) is 1.66. The first-order valence-electron chi connectivity index (χ1n) is 7.85. The van der Waals surface area contributed by atoms with Crippen LogP contribution in [0.15, 0.2) is 4.52 Å². The molecule has 0 spiro atoms. The second-order valence-electron chi connectivity index (χ2n) is 6.35. The normalized spacial score (nSPS) is 18.8. The van der Waals surface area contributed by atoms with E-state index < -0.39 is 12.7 Å². The first-order valence-corrected chi connectivity index (χ1v) is 7.85. The Morgan fingerprint density at radius 1 is 1.46 bits per heavy atom. The Morgan fingerprint density at radius 3 is 2.75 bits per heavy atom. The van der Waals surface area contributed by atoms with E-state index in [1.54, 1.807) is 14.0 Å². The summed E-state index contributed by atoms with van der Waals surface area (Å²) in [5.41, 5.74) is 1.61. The third-order valence-corrected chi connectivity index (χ3v) is 4.24. The predicted molar refractivity (Wildman–Crippen MR) is 81.4 cm³/mol. The molecule has 0 aromatic carbocycles. The molecule has 6 nitrogen and oxygen atoms in total. The Hall–Kier alpha value is -1.77. The fourth-order valence-electron chi connectivity index (χ4n) is 2.88. The minimum absolute atomic E-state index is 0.0452. The molecule has 2 amide bonds. The van der Waals surface area contributed by atoms with Crippen molar-refractivity contribution in [3.8, 4) is 0 Å². The molecule has 1 unspecified atom stereocenters. The number of aryl methyl sites for hydroxylation is 2. The zero-order chi connectivity index (χ0) is 17.9. The maximum atomic E-state index is 12.4. The predicted octanol–water partition coefficient (Wildman–Crippen LogP) is 2.32. The van der Waals surface area contributed by atoms with Crippen molar-refractivity contribution in [2.75, 3.05) is 33.2 Å². The number of alkyl halides is 3. The number of carbonyl (C=O) groups excluding carboxylic acids is 1. The molecule has 9 heteroatoms. The summed E-state index contributed by atoms with van der Waals surface area (Å²) in [6, 6.07) is -0.260. The van der Waals surface area contributed by atoms with Crippen LogP contribution in [0.2, 0.25) is 0 Å². The van der Waals surface area contributed by atoms with Crippen molar-refractivity contribution >= 4 is 6.03 Å². The van der Waals surface area contributed by atoms with E-state index in [1.807, 2.05) is 6.92 Å². The molecule has 1 aromatic rings. The van der Waals surface area contributed by atoms with E-state index in [2.05, 4.69) is 10.5 Å². The zero-order valence-electron chi connectivity index (χ0n) is 14.1. The fourth-order valence-corrected chi connectivity index (χ4v) is 2.88. The number of carbonyl (C=O) groups is 1. The van der Waals surface area contributed by atoms with Crippen molar-refractivity contribution in [3.05, 3.63) is 17.0 Å². The van der Waals surface area contributed by atoms with E-state index in [1.165, 1.54) is 9.80 Å². The van der Waals surface area contributed by atoms with Gasteiger partial charge in [-0.25, -0.2) is 4.79 Å². The average Bonchev–Trinajstić information content (AvgIpc) is 3.04. The fraction of sp³-hybridized carbons (Fsp3) is 0.733. The van der Waals surface area contributed by atoms with E-state index in [0.717, 1.165) is 11.3 Å². The van der Waals surface area contributed by atoms with Gasteiger partial charge < -0.3 is 14.7 Å². The minimum Gasteiger partial charge on any atom is -0.361 e. The Kier molecular flexibility index (Phi) is 5.74. The van der Waals surface area contributed by atoms with E-state index in [0.29, 0.717) is 38.4 Å². The van der Waals surface area contributed by atoms with Crippen molar-refractivity contribution in [1.29, 1.82) is 0 Å². The number of urea groups is 1. The Bertz CT molecular complexity index is 554. The molecule has 0 aliphatic carbocycles. The topological polar surface area (TPSA) is 61.6 Å². The summed E-state index contributed by atoms with van der Waals surface area (Å²) in [6.45, 7) is 4.23. The molecule has 2 rings (SSSR count). The van der Waals surface area contributed by atoms with Gasteiger partial charge in [-0.3, -0.25) is 4.90 Å². The highest BCUT2D eigenvalue weighted by Gasteiger charge is 2.34. The number of aromatic nitrogens is 1. The lowest BCUT2D eigenvalue weighted by Gasteiger charge is -2.20. The molecule has 0 saturated carbocycles. The highest BCUT2D eigenvalue weighted by atomic mass is 19.4. The molecule has 1 atom stereocenters. The summed E-state index contributed by atoms with van der Waals surface area (Å²) in [4.78, 5) is 15.0. The van der Waals surface area contributed by atoms with Crippen LogP contribution in [-0.4, -0.2) is 60.4 Å². The number of nitrogens with one attached hydrogen (secondary N) is 1. The first kappa shape index (κ1) is 18.6. The molecular weight excluding hydrogens is 325 g/mol. The summed E-state index contributed by atoms with van der Waals surface area (Å²) in [6.07, 6.45) is -3.52. The molecule has 136 valence electrons. The van der Waals surface area contributed by atoms with Crippen molar-refractivity contribution in [1.82, 2.24) is 20.3 Å². The summed E-state index contributed by atoms with van der Waals surface area (Å²) in [5.74, 6) is 0.717. The van der Waals surface area contributed by atoms with E-state index in [4.69, 9.17) is 4.52 Å². The monoisotopic (exact) mass is 348 g/mol. The molecule has 1 aromatic heterocycles. The Balaban J connectivity index is 1.75. The van der Waals surface area contributed by atoms with Crippen LogP contribution in [0.5, 0.6) is 0 Å². The van der Waals surface area contributed by atoms with Crippen molar-refractivity contribution in [3.63, 3.8) is 0 Å². The van der Waals surface area contributed by atoms with Crippen LogP contribution in [0.1, 0.15) is 23.4 Å². The van der Waals surface area contributed by atoms with Crippen LogP contribution < -0.4 is 5.32 Å². The SMILES string of the molecule is Cc1noc(C)c1CN(C)C(=O)NCC1CCN(CC(F)(F)F)C1. The molecule has 1 aliphatic rings. The molecule has 0 radical (unpaired) electrons. The lowest BCUT2D eigenvalue weighted by Crippen LogP contribution is -2.40. The maximum Gasteiger partial charge on any atom is 0.401 e. The van der Waals surface area contributed by atoms with Gasteiger partial charge in [-0.1, -0.05) is 5.16 Å². The number of likely N-dealkylation sites (tertiary alicyclic amines) is 1. The summed E-state index contributed by atoms with van der Waals surface area (Å²) < 4.78 is 42.2. The van der Waals surface area contributed by atoms with Gasteiger partial charge in [-0.05, 0) is 32.7 Å². The molecule has 1 saturated heterocycles. The number of hydrogen-bond acceptors (Lipinski definition) is 4. The summed E-state index contributed by atoms with van der Waals surface area (Å²) >= 11 is 0. The third kappa shape index (κ3) is 5.12. The zero-order valence-corrected chi connectivity index (χ0v) is 14.1. The van der Waals surface area contributed by atoms with E-state index >= 15 is 0 Å². The lowest BCUT2D eigenvalue weighted by atomic mass is 10.1. The Morgan fingerprint density at radius 2 is 2.17 bits per heavy atom. The number of rotatable bonds is 5. The van der Waals surface area contributed by atoms with Crippen LogP contribution >= 0.6 is 0 Å². The van der Waals surface area contributed by atoms with Gasteiger partial charge in [0.15, 0.2) is 0 Å². The average molecular weight is 348 g/mol. The van der Waals surface area contributed by atoms with E-state index in [-0.39, 0.29) is 11.9 Å². The second kappa shape index (κ2) is 7.42. The Labute approximate surface area is 138 Å². The molecular formula is C15H23F3N4O2.